The van der Waals surface area contributed by atoms with E-state index in [1.807, 2.05) is 41.1 Å². The number of nitrogens with zero attached hydrogens (tertiary/aromatic N) is 4. The second kappa shape index (κ2) is 7.13. The normalized spacial score (nSPS) is 18.4. The van der Waals surface area contributed by atoms with Crippen molar-refractivity contribution in [1.82, 2.24) is 19.7 Å². The maximum Gasteiger partial charge on any atom is 0.151 e. The molecule has 128 valence electrons. The summed E-state index contributed by atoms with van der Waals surface area (Å²) in [6.07, 6.45) is 1.57. The van der Waals surface area contributed by atoms with Gasteiger partial charge in [0.15, 0.2) is 5.82 Å². The Labute approximate surface area is 145 Å². The summed E-state index contributed by atoms with van der Waals surface area (Å²) < 4.78 is 21.0. The molecule has 1 aliphatic rings. The van der Waals surface area contributed by atoms with Gasteiger partial charge in [-0.2, -0.15) is 5.10 Å². The molecule has 25 heavy (non-hydrogen) atoms. The highest BCUT2D eigenvalue weighted by Crippen LogP contribution is 2.26. The van der Waals surface area contributed by atoms with Crippen LogP contribution < -0.4 is 0 Å². The second-order valence-electron chi connectivity index (χ2n) is 6.06. The lowest BCUT2D eigenvalue weighted by molar-refractivity contribution is -0.0167. The van der Waals surface area contributed by atoms with Crippen molar-refractivity contribution in [2.45, 2.75) is 12.6 Å². The molecule has 1 aliphatic heterocycles. The standard InChI is InChI=1S/C19H19FN4O/c20-16-6-4-5-15(11-16)12-23-9-10-25-13-18(23)19-21-14-22-24(19)17-7-2-1-3-8-17/h1-8,11,14,18H,9-10,12-13H2. The van der Waals surface area contributed by atoms with E-state index in [4.69, 9.17) is 4.74 Å². The molecule has 3 aromatic rings. The predicted octanol–water partition coefficient (Wildman–Crippen LogP) is 2.98. The largest absolute Gasteiger partial charge is 0.378 e. The van der Waals surface area contributed by atoms with Gasteiger partial charge in [0.25, 0.3) is 0 Å². The smallest absolute Gasteiger partial charge is 0.151 e. The Hall–Kier alpha value is -2.57. The highest BCUT2D eigenvalue weighted by atomic mass is 19.1. The molecule has 0 radical (unpaired) electrons. The Bertz CT molecular complexity index is 836. The van der Waals surface area contributed by atoms with Crippen molar-refractivity contribution in [3.63, 3.8) is 0 Å². The van der Waals surface area contributed by atoms with E-state index in [1.165, 1.54) is 6.07 Å². The first-order valence-electron chi connectivity index (χ1n) is 8.33. The summed E-state index contributed by atoms with van der Waals surface area (Å²) in [6.45, 7) is 2.61. The van der Waals surface area contributed by atoms with E-state index in [0.29, 0.717) is 19.8 Å². The molecule has 1 saturated heterocycles. The van der Waals surface area contributed by atoms with Gasteiger partial charge in [-0.3, -0.25) is 4.90 Å². The third-order valence-electron chi connectivity index (χ3n) is 4.39. The average Bonchev–Trinajstić information content (AvgIpc) is 3.12. The molecular weight excluding hydrogens is 319 g/mol. The van der Waals surface area contributed by atoms with Crippen LogP contribution in [-0.2, 0) is 11.3 Å². The number of rotatable bonds is 4. The van der Waals surface area contributed by atoms with Gasteiger partial charge in [0.2, 0.25) is 0 Å². The molecule has 0 spiro atoms. The molecule has 1 aromatic heterocycles. The van der Waals surface area contributed by atoms with Crippen LogP contribution in [0.1, 0.15) is 17.4 Å². The first-order chi connectivity index (χ1) is 12.3. The van der Waals surface area contributed by atoms with Gasteiger partial charge in [-0.05, 0) is 29.8 Å². The van der Waals surface area contributed by atoms with Gasteiger partial charge < -0.3 is 4.74 Å². The third kappa shape index (κ3) is 3.45. The van der Waals surface area contributed by atoms with Gasteiger partial charge in [-0.1, -0.05) is 30.3 Å². The number of aromatic nitrogens is 3. The van der Waals surface area contributed by atoms with E-state index >= 15 is 0 Å². The molecule has 1 atom stereocenters. The molecule has 0 amide bonds. The number of para-hydroxylation sites is 1. The minimum atomic E-state index is -0.213. The van der Waals surface area contributed by atoms with Crippen LogP contribution >= 0.6 is 0 Å². The van der Waals surface area contributed by atoms with Crippen molar-refractivity contribution < 1.29 is 9.13 Å². The summed E-state index contributed by atoms with van der Waals surface area (Å²) in [4.78, 5) is 6.75. The molecule has 1 fully saturated rings. The van der Waals surface area contributed by atoms with Crippen LogP contribution in [0.4, 0.5) is 4.39 Å². The van der Waals surface area contributed by atoms with Crippen LogP contribution in [0.3, 0.4) is 0 Å². The summed E-state index contributed by atoms with van der Waals surface area (Å²) in [6, 6.07) is 16.6. The third-order valence-corrected chi connectivity index (χ3v) is 4.39. The van der Waals surface area contributed by atoms with Crippen molar-refractivity contribution in [3.05, 3.63) is 78.1 Å². The molecule has 5 nitrogen and oxygen atoms in total. The molecule has 0 aliphatic carbocycles. The van der Waals surface area contributed by atoms with E-state index in [2.05, 4.69) is 15.0 Å². The van der Waals surface area contributed by atoms with Crippen LogP contribution in [0, 0.1) is 5.82 Å². The van der Waals surface area contributed by atoms with Gasteiger partial charge in [-0.15, -0.1) is 0 Å². The minimum Gasteiger partial charge on any atom is -0.378 e. The second-order valence-corrected chi connectivity index (χ2v) is 6.06. The molecule has 0 bridgehead atoms. The van der Waals surface area contributed by atoms with Crippen molar-refractivity contribution in [3.8, 4) is 5.69 Å². The zero-order chi connectivity index (χ0) is 17.1. The van der Waals surface area contributed by atoms with Gasteiger partial charge >= 0.3 is 0 Å². The first kappa shape index (κ1) is 15.9. The fourth-order valence-electron chi connectivity index (χ4n) is 3.18. The first-order valence-corrected chi connectivity index (χ1v) is 8.33. The molecule has 4 rings (SSSR count). The van der Waals surface area contributed by atoms with Gasteiger partial charge in [0.05, 0.1) is 24.9 Å². The van der Waals surface area contributed by atoms with Gasteiger partial charge in [0.1, 0.15) is 12.1 Å². The number of benzene rings is 2. The molecular formula is C19H19FN4O. The van der Waals surface area contributed by atoms with E-state index < -0.39 is 0 Å². The Balaban J connectivity index is 1.63. The predicted molar refractivity (Wildman–Crippen MR) is 91.7 cm³/mol. The number of morpholine rings is 1. The van der Waals surface area contributed by atoms with Crippen LogP contribution in [-0.4, -0.2) is 39.4 Å². The maximum absolute atomic E-state index is 13.5. The van der Waals surface area contributed by atoms with E-state index in [9.17, 15) is 4.39 Å². The highest BCUT2D eigenvalue weighted by Gasteiger charge is 2.29. The Kier molecular flexibility index (Phi) is 4.54. The van der Waals surface area contributed by atoms with Crippen LogP contribution in [0.5, 0.6) is 0 Å². The lowest BCUT2D eigenvalue weighted by Gasteiger charge is -2.35. The summed E-state index contributed by atoms with van der Waals surface area (Å²) in [7, 11) is 0. The topological polar surface area (TPSA) is 43.2 Å². The number of hydrogen-bond donors (Lipinski definition) is 0. The van der Waals surface area contributed by atoms with Crippen LogP contribution in [0.15, 0.2) is 60.9 Å². The molecule has 1 unspecified atom stereocenters. The summed E-state index contributed by atoms with van der Waals surface area (Å²) in [5.74, 6) is 0.622. The van der Waals surface area contributed by atoms with E-state index in [0.717, 1.165) is 23.6 Å². The van der Waals surface area contributed by atoms with Crippen molar-refractivity contribution >= 4 is 0 Å². The zero-order valence-electron chi connectivity index (χ0n) is 13.8. The summed E-state index contributed by atoms with van der Waals surface area (Å²) in [5.41, 5.74) is 1.91. The average molecular weight is 338 g/mol. The lowest BCUT2D eigenvalue weighted by Crippen LogP contribution is -2.40. The Morgan fingerprint density at radius 2 is 2.00 bits per heavy atom. The number of halogens is 1. The van der Waals surface area contributed by atoms with Crippen molar-refractivity contribution in [2.24, 2.45) is 0 Å². The lowest BCUT2D eigenvalue weighted by atomic mass is 10.1. The zero-order valence-corrected chi connectivity index (χ0v) is 13.8. The number of ether oxygens (including phenoxy) is 1. The maximum atomic E-state index is 13.5. The van der Waals surface area contributed by atoms with Crippen molar-refractivity contribution in [2.75, 3.05) is 19.8 Å². The highest BCUT2D eigenvalue weighted by molar-refractivity contribution is 5.31. The molecule has 0 N–H and O–H groups in total. The van der Waals surface area contributed by atoms with Crippen molar-refractivity contribution in [1.29, 1.82) is 0 Å². The SMILES string of the molecule is Fc1cccc(CN2CCOCC2c2ncnn2-c2ccccc2)c1. The summed E-state index contributed by atoms with van der Waals surface area (Å²) >= 11 is 0. The van der Waals surface area contributed by atoms with Crippen LogP contribution in [0.25, 0.3) is 5.69 Å². The Morgan fingerprint density at radius 3 is 2.84 bits per heavy atom. The molecule has 2 aromatic carbocycles. The molecule has 0 saturated carbocycles. The van der Waals surface area contributed by atoms with E-state index in [1.54, 1.807) is 18.5 Å². The van der Waals surface area contributed by atoms with Crippen LogP contribution in [0.2, 0.25) is 0 Å². The van der Waals surface area contributed by atoms with E-state index in [-0.39, 0.29) is 11.9 Å². The molecule has 6 heteroatoms. The number of hydrogen-bond acceptors (Lipinski definition) is 4. The van der Waals surface area contributed by atoms with Gasteiger partial charge in [0, 0.05) is 13.1 Å². The fourth-order valence-corrected chi connectivity index (χ4v) is 3.18. The minimum absolute atomic E-state index is 0.0280. The summed E-state index contributed by atoms with van der Waals surface area (Å²) in [5, 5.41) is 4.38. The van der Waals surface area contributed by atoms with Gasteiger partial charge in [-0.25, -0.2) is 14.1 Å². The fraction of sp³-hybridized carbons (Fsp3) is 0.263. The monoisotopic (exact) mass is 338 g/mol. The quantitative estimate of drug-likeness (QED) is 0.733. The molecule has 2 heterocycles. The Morgan fingerprint density at radius 1 is 1.12 bits per heavy atom.